The van der Waals surface area contributed by atoms with Crippen molar-refractivity contribution in [2.24, 2.45) is 0 Å². The quantitative estimate of drug-likeness (QED) is 0.639. The first-order valence-corrected chi connectivity index (χ1v) is 9.68. The van der Waals surface area contributed by atoms with Crippen molar-refractivity contribution < 1.29 is 22.4 Å². The molecule has 1 aromatic heterocycles. The maximum Gasteiger partial charge on any atom is 0.307 e. The number of carbonyl (C=O) groups excluding carboxylic acids is 1. The molecule has 0 radical (unpaired) electrons. The number of sulfonamides is 1. The molecular formula is C18H23NO5S. The van der Waals surface area contributed by atoms with Crippen molar-refractivity contribution >= 4 is 16.0 Å². The maximum atomic E-state index is 13.0. The van der Waals surface area contributed by atoms with Crippen LogP contribution in [0, 0.1) is 0 Å². The Kier molecular flexibility index (Phi) is 6.78. The van der Waals surface area contributed by atoms with Crippen molar-refractivity contribution in [3.63, 3.8) is 0 Å². The summed E-state index contributed by atoms with van der Waals surface area (Å²) in [5, 5.41) is 0. The smallest absolute Gasteiger partial charge is 0.307 e. The van der Waals surface area contributed by atoms with Crippen LogP contribution in [0.25, 0.3) is 0 Å². The Morgan fingerprint density at radius 3 is 2.44 bits per heavy atom. The van der Waals surface area contributed by atoms with Gasteiger partial charge < -0.3 is 9.15 Å². The molecule has 0 saturated carbocycles. The highest BCUT2D eigenvalue weighted by molar-refractivity contribution is 7.89. The number of hydrogen-bond acceptors (Lipinski definition) is 5. The summed E-state index contributed by atoms with van der Waals surface area (Å²) in [6.07, 6.45) is 2.31. The molecule has 2 rings (SSSR count). The van der Waals surface area contributed by atoms with Gasteiger partial charge in [0.2, 0.25) is 10.0 Å². The first kappa shape index (κ1) is 19.2. The van der Waals surface area contributed by atoms with Crippen LogP contribution in [-0.2, 0) is 32.5 Å². The number of furan rings is 1. The van der Waals surface area contributed by atoms with Crippen LogP contribution in [-0.4, -0.2) is 31.8 Å². The third-order valence-corrected chi connectivity index (χ3v) is 5.61. The molecule has 0 atom stereocenters. The van der Waals surface area contributed by atoms with Gasteiger partial charge in [0, 0.05) is 6.54 Å². The Morgan fingerprint density at radius 1 is 1.16 bits per heavy atom. The number of nitrogens with zero attached hydrogens (tertiary/aromatic N) is 1. The number of esters is 1. The predicted molar refractivity (Wildman–Crippen MR) is 93.4 cm³/mol. The topological polar surface area (TPSA) is 76.8 Å². The van der Waals surface area contributed by atoms with E-state index in [1.165, 1.54) is 10.6 Å². The highest BCUT2D eigenvalue weighted by atomic mass is 32.2. The van der Waals surface area contributed by atoms with Crippen LogP contribution in [0.2, 0.25) is 0 Å². The van der Waals surface area contributed by atoms with Crippen molar-refractivity contribution in [3.05, 3.63) is 54.0 Å². The molecule has 2 aromatic rings. The van der Waals surface area contributed by atoms with Crippen LogP contribution < -0.4 is 0 Å². The molecule has 6 nitrogen and oxygen atoms in total. The molecule has 0 bridgehead atoms. The second-order valence-electron chi connectivity index (χ2n) is 5.47. The standard InChI is InChI=1S/C18H23NO5S/c1-3-15-7-9-17(10-8-15)25(21,22)19(12-11-18(20)23-4-2)14-16-6-5-13-24-16/h5-10,13H,3-4,11-12,14H2,1-2H3. The minimum Gasteiger partial charge on any atom is -0.468 e. The lowest BCUT2D eigenvalue weighted by Crippen LogP contribution is -2.32. The van der Waals surface area contributed by atoms with E-state index in [1.807, 2.05) is 6.92 Å². The summed E-state index contributed by atoms with van der Waals surface area (Å²) in [5.74, 6) is 0.0843. The third-order valence-electron chi connectivity index (χ3n) is 3.75. The Bertz CT molecular complexity index is 766. The minimum atomic E-state index is -3.75. The van der Waals surface area contributed by atoms with Crippen LogP contribution in [0.4, 0.5) is 0 Å². The number of benzene rings is 1. The zero-order chi connectivity index (χ0) is 18.3. The number of aryl methyl sites for hydroxylation is 1. The molecule has 0 aliphatic carbocycles. The van der Waals surface area contributed by atoms with E-state index in [1.54, 1.807) is 43.3 Å². The van der Waals surface area contributed by atoms with Crippen molar-refractivity contribution in [1.29, 1.82) is 0 Å². The monoisotopic (exact) mass is 365 g/mol. The third kappa shape index (κ3) is 5.17. The maximum absolute atomic E-state index is 13.0. The number of ether oxygens (including phenoxy) is 1. The average Bonchev–Trinajstić information content (AvgIpc) is 3.12. The van der Waals surface area contributed by atoms with E-state index in [-0.39, 0.29) is 31.0 Å². The zero-order valence-corrected chi connectivity index (χ0v) is 15.3. The van der Waals surface area contributed by atoms with E-state index in [9.17, 15) is 13.2 Å². The van der Waals surface area contributed by atoms with Gasteiger partial charge in [-0.3, -0.25) is 4.79 Å². The normalized spacial score (nSPS) is 11.6. The lowest BCUT2D eigenvalue weighted by atomic mass is 10.2. The van der Waals surface area contributed by atoms with E-state index in [2.05, 4.69) is 0 Å². The number of rotatable bonds is 9. The van der Waals surface area contributed by atoms with Crippen molar-refractivity contribution in [3.8, 4) is 0 Å². The first-order valence-electron chi connectivity index (χ1n) is 8.24. The highest BCUT2D eigenvalue weighted by Crippen LogP contribution is 2.20. The Balaban J connectivity index is 2.23. The Morgan fingerprint density at radius 2 is 1.88 bits per heavy atom. The summed E-state index contributed by atoms with van der Waals surface area (Å²) >= 11 is 0. The van der Waals surface area contributed by atoms with E-state index in [4.69, 9.17) is 9.15 Å². The van der Waals surface area contributed by atoms with Crippen molar-refractivity contribution in [1.82, 2.24) is 4.31 Å². The van der Waals surface area contributed by atoms with Gasteiger partial charge in [-0.15, -0.1) is 0 Å². The molecule has 0 fully saturated rings. The average molecular weight is 365 g/mol. The SMILES string of the molecule is CCOC(=O)CCN(Cc1ccco1)S(=O)(=O)c1ccc(CC)cc1. The van der Waals surface area contributed by atoms with Crippen LogP contribution in [0.5, 0.6) is 0 Å². The molecule has 0 spiro atoms. The fourth-order valence-electron chi connectivity index (χ4n) is 2.36. The van der Waals surface area contributed by atoms with Gasteiger partial charge >= 0.3 is 5.97 Å². The molecule has 136 valence electrons. The first-order chi connectivity index (χ1) is 12.0. The number of carbonyl (C=O) groups is 1. The van der Waals surface area contributed by atoms with E-state index in [0.717, 1.165) is 12.0 Å². The van der Waals surface area contributed by atoms with Crippen LogP contribution in [0.1, 0.15) is 31.6 Å². The molecule has 0 unspecified atom stereocenters. The van der Waals surface area contributed by atoms with Gasteiger partial charge in [0.25, 0.3) is 0 Å². The predicted octanol–water partition coefficient (Wildman–Crippen LogP) is 2.99. The molecule has 0 aliphatic heterocycles. The molecule has 0 amide bonds. The molecule has 1 aromatic carbocycles. The summed E-state index contributed by atoms with van der Waals surface area (Å²) in [6, 6.07) is 10.2. The zero-order valence-electron chi connectivity index (χ0n) is 14.5. The van der Waals surface area contributed by atoms with Gasteiger partial charge in [-0.1, -0.05) is 19.1 Å². The summed E-state index contributed by atoms with van der Waals surface area (Å²) < 4.78 is 37.3. The van der Waals surface area contributed by atoms with Gasteiger partial charge in [-0.25, -0.2) is 8.42 Å². The highest BCUT2D eigenvalue weighted by Gasteiger charge is 2.26. The second kappa shape index (κ2) is 8.82. The fourth-order valence-corrected chi connectivity index (χ4v) is 3.76. The molecular weight excluding hydrogens is 342 g/mol. The molecule has 25 heavy (non-hydrogen) atoms. The molecule has 7 heteroatoms. The lowest BCUT2D eigenvalue weighted by molar-refractivity contribution is -0.143. The van der Waals surface area contributed by atoms with Crippen LogP contribution >= 0.6 is 0 Å². The van der Waals surface area contributed by atoms with Crippen molar-refractivity contribution in [2.75, 3.05) is 13.2 Å². The van der Waals surface area contributed by atoms with Crippen molar-refractivity contribution in [2.45, 2.75) is 38.1 Å². The van der Waals surface area contributed by atoms with Crippen LogP contribution in [0.3, 0.4) is 0 Å². The van der Waals surface area contributed by atoms with E-state index >= 15 is 0 Å². The summed E-state index contributed by atoms with van der Waals surface area (Å²) in [5.41, 5.74) is 1.06. The molecule has 0 saturated heterocycles. The Hall–Kier alpha value is -2.12. The summed E-state index contributed by atoms with van der Waals surface area (Å²) in [4.78, 5) is 11.8. The van der Waals surface area contributed by atoms with Gasteiger partial charge in [-0.2, -0.15) is 4.31 Å². The largest absolute Gasteiger partial charge is 0.468 e. The van der Waals surface area contributed by atoms with Gasteiger partial charge in [0.05, 0.1) is 30.7 Å². The Labute approximate surface area is 148 Å². The molecule has 1 heterocycles. The number of hydrogen-bond donors (Lipinski definition) is 0. The molecule has 0 aliphatic rings. The summed E-state index contributed by atoms with van der Waals surface area (Å²) in [7, 11) is -3.75. The lowest BCUT2D eigenvalue weighted by Gasteiger charge is -2.21. The summed E-state index contributed by atoms with van der Waals surface area (Å²) in [6.45, 7) is 4.07. The van der Waals surface area contributed by atoms with Gasteiger partial charge in [0.15, 0.2) is 0 Å². The minimum absolute atomic E-state index is 0.0131. The second-order valence-corrected chi connectivity index (χ2v) is 7.41. The van der Waals surface area contributed by atoms with E-state index in [0.29, 0.717) is 5.76 Å². The van der Waals surface area contributed by atoms with Gasteiger partial charge in [0.1, 0.15) is 5.76 Å². The van der Waals surface area contributed by atoms with E-state index < -0.39 is 16.0 Å². The van der Waals surface area contributed by atoms with Crippen LogP contribution in [0.15, 0.2) is 52.0 Å². The van der Waals surface area contributed by atoms with Gasteiger partial charge in [-0.05, 0) is 43.2 Å². The molecule has 0 N–H and O–H groups in total. The fraction of sp³-hybridized carbons (Fsp3) is 0.389.